The van der Waals surface area contributed by atoms with Gasteiger partial charge in [-0.15, -0.1) is 0 Å². The fraction of sp³-hybridized carbons (Fsp3) is 0.647. The predicted octanol–water partition coefficient (Wildman–Crippen LogP) is 4.06. The van der Waals surface area contributed by atoms with Crippen LogP contribution in [0.25, 0.3) is 0 Å². The zero-order chi connectivity index (χ0) is 14.2. The average molecular weight is 293 g/mol. The highest BCUT2D eigenvalue weighted by Gasteiger charge is 2.29. The molecule has 2 nitrogen and oxygen atoms in total. The van der Waals surface area contributed by atoms with Crippen molar-refractivity contribution in [1.29, 1.82) is 0 Å². The number of unbranched alkanes of at least 4 members (excludes halogenated alkanes) is 2. The van der Waals surface area contributed by atoms with E-state index in [2.05, 4.69) is 35.8 Å². The second-order valence-electron chi connectivity index (χ2n) is 5.65. The minimum absolute atomic E-state index is 0.739. The maximum absolute atomic E-state index is 5.20. The third-order valence-electron chi connectivity index (χ3n) is 4.18. The Labute approximate surface area is 127 Å². The van der Waals surface area contributed by atoms with Crippen LogP contribution < -0.4 is 10.1 Å². The van der Waals surface area contributed by atoms with Gasteiger partial charge < -0.3 is 10.1 Å². The maximum Gasteiger partial charge on any atom is 0.118 e. The Morgan fingerprint density at radius 1 is 1.15 bits per heavy atom. The first-order valence-electron chi connectivity index (χ1n) is 7.69. The summed E-state index contributed by atoms with van der Waals surface area (Å²) in [5.74, 6) is 3.01. The normalized spacial score (nSPS) is 21.5. The number of nitrogens with one attached hydrogen (secondary N) is 1. The lowest BCUT2D eigenvalue weighted by Gasteiger charge is -2.36. The SMILES string of the molecule is COc1ccc(C2CC(NCCCCCSC)C2)cc1. The molecular formula is C17H27NOS. The molecule has 112 valence electrons. The van der Waals surface area contributed by atoms with Crippen molar-refractivity contribution in [2.45, 2.75) is 44.1 Å². The van der Waals surface area contributed by atoms with Gasteiger partial charge in [0.05, 0.1) is 7.11 Å². The molecule has 0 bridgehead atoms. The number of rotatable bonds is 9. The van der Waals surface area contributed by atoms with Gasteiger partial charge in [0, 0.05) is 6.04 Å². The molecule has 1 saturated carbocycles. The summed E-state index contributed by atoms with van der Waals surface area (Å²) in [6, 6.07) is 9.30. The van der Waals surface area contributed by atoms with Gasteiger partial charge in [-0.25, -0.2) is 0 Å². The van der Waals surface area contributed by atoms with E-state index in [1.165, 1.54) is 50.0 Å². The molecule has 0 aliphatic heterocycles. The second-order valence-corrected chi connectivity index (χ2v) is 6.63. The van der Waals surface area contributed by atoms with E-state index in [9.17, 15) is 0 Å². The highest BCUT2D eigenvalue weighted by molar-refractivity contribution is 7.98. The van der Waals surface area contributed by atoms with Crippen LogP contribution in [-0.4, -0.2) is 31.7 Å². The third kappa shape index (κ3) is 4.71. The molecule has 1 fully saturated rings. The van der Waals surface area contributed by atoms with Crippen molar-refractivity contribution in [2.75, 3.05) is 25.7 Å². The molecule has 2 rings (SSSR count). The Morgan fingerprint density at radius 3 is 2.55 bits per heavy atom. The smallest absolute Gasteiger partial charge is 0.118 e. The molecule has 1 N–H and O–H groups in total. The fourth-order valence-electron chi connectivity index (χ4n) is 2.79. The zero-order valence-corrected chi connectivity index (χ0v) is 13.5. The summed E-state index contributed by atoms with van der Waals surface area (Å²) in [7, 11) is 1.72. The number of methoxy groups -OCH3 is 1. The zero-order valence-electron chi connectivity index (χ0n) is 12.7. The van der Waals surface area contributed by atoms with Crippen LogP contribution in [0, 0.1) is 0 Å². The number of benzene rings is 1. The first kappa shape index (κ1) is 15.7. The van der Waals surface area contributed by atoms with E-state index >= 15 is 0 Å². The monoisotopic (exact) mass is 293 g/mol. The van der Waals surface area contributed by atoms with Gasteiger partial charge in [-0.2, -0.15) is 11.8 Å². The predicted molar refractivity (Wildman–Crippen MR) is 89.0 cm³/mol. The number of thioether (sulfide) groups is 1. The van der Waals surface area contributed by atoms with E-state index in [0.717, 1.165) is 17.7 Å². The first-order valence-corrected chi connectivity index (χ1v) is 9.09. The first-order chi connectivity index (χ1) is 9.83. The lowest BCUT2D eigenvalue weighted by molar-refractivity contribution is 0.289. The molecule has 1 aliphatic rings. The topological polar surface area (TPSA) is 21.3 Å². The molecule has 0 unspecified atom stereocenters. The van der Waals surface area contributed by atoms with Crippen LogP contribution in [0.3, 0.4) is 0 Å². The third-order valence-corrected chi connectivity index (χ3v) is 4.88. The van der Waals surface area contributed by atoms with Crippen molar-refractivity contribution < 1.29 is 4.74 Å². The second kappa shape index (κ2) is 8.58. The largest absolute Gasteiger partial charge is 0.497 e. The molecule has 0 radical (unpaired) electrons. The van der Waals surface area contributed by atoms with Crippen LogP contribution in [0.5, 0.6) is 5.75 Å². The van der Waals surface area contributed by atoms with Crippen LogP contribution in [0.4, 0.5) is 0 Å². The van der Waals surface area contributed by atoms with Crippen LogP contribution in [0.15, 0.2) is 24.3 Å². The van der Waals surface area contributed by atoms with Gasteiger partial charge in [0.1, 0.15) is 5.75 Å². The summed E-state index contributed by atoms with van der Waals surface area (Å²) in [6.07, 6.45) is 8.81. The van der Waals surface area contributed by atoms with Crippen LogP contribution in [0.2, 0.25) is 0 Å². The molecule has 0 amide bonds. The molecule has 3 heteroatoms. The Morgan fingerprint density at radius 2 is 1.90 bits per heavy atom. The van der Waals surface area contributed by atoms with Crippen molar-refractivity contribution in [3.8, 4) is 5.75 Å². The van der Waals surface area contributed by atoms with E-state index < -0.39 is 0 Å². The maximum atomic E-state index is 5.20. The van der Waals surface area contributed by atoms with Gasteiger partial charge >= 0.3 is 0 Å². The van der Waals surface area contributed by atoms with Crippen molar-refractivity contribution in [2.24, 2.45) is 0 Å². The summed E-state index contributed by atoms with van der Waals surface area (Å²) < 4.78 is 5.20. The highest BCUT2D eigenvalue weighted by Crippen LogP contribution is 2.37. The molecule has 0 spiro atoms. The van der Waals surface area contributed by atoms with Gasteiger partial charge in [0.2, 0.25) is 0 Å². The Hall–Kier alpha value is -0.670. The molecule has 20 heavy (non-hydrogen) atoms. The Bertz CT molecular complexity index is 373. The molecule has 0 heterocycles. The molecule has 1 aliphatic carbocycles. The quantitative estimate of drug-likeness (QED) is 0.694. The van der Waals surface area contributed by atoms with Gasteiger partial charge in [-0.05, 0) is 67.9 Å². The lowest BCUT2D eigenvalue weighted by atomic mass is 9.76. The van der Waals surface area contributed by atoms with Gasteiger partial charge in [0.15, 0.2) is 0 Å². The number of ether oxygens (including phenoxy) is 1. The van der Waals surface area contributed by atoms with Crippen molar-refractivity contribution in [3.05, 3.63) is 29.8 Å². The van der Waals surface area contributed by atoms with Crippen LogP contribution in [0.1, 0.15) is 43.6 Å². The van der Waals surface area contributed by atoms with E-state index in [-0.39, 0.29) is 0 Å². The van der Waals surface area contributed by atoms with Gasteiger partial charge in [-0.3, -0.25) is 0 Å². The number of hydrogen-bond donors (Lipinski definition) is 1. The highest BCUT2D eigenvalue weighted by atomic mass is 32.2. The molecule has 0 atom stereocenters. The minimum Gasteiger partial charge on any atom is -0.497 e. The Kier molecular flexibility index (Phi) is 6.74. The number of hydrogen-bond acceptors (Lipinski definition) is 3. The van der Waals surface area contributed by atoms with Crippen LogP contribution >= 0.6 is 11.8 Å². The molecule has 0 saturated heterocycles. The molecule has 1 aromatic rings. The molecule has 0 aromatic heterocycles. The van der Waals surface area contributed by atoms with Gasteiger partial charge in [0.25, 0.3) is 0 Å². The van der Waals surface area contributed by atoms with E-state index in [4.69, 9.17) is 4.74 Å². The van der Waals surface area contributed by atoms with Crippen molar-refractivity contribution >= 4 is 11.8 Å². The molecule has 1 aromatic carbocycles. The minimum atomic E-state index is 0.739. The summed E-state index contributed by atoms with van der Waals surface area (Å²) in [4.78, 5) is 0. The van der Waals surface area contributed by atoms with Crippen molar-refractivity contribution in [3.63, 3.8) is 0 Å². The fourth-order valence-corrected chi connectivity index (χ4v) is 3.28. The summed E-state index contributed by atoms with van der Waals surface area (Å²) in [5, 5.41) is 3.69. The van der Waals surface area contributed by atoms with Gasteiger partial charge in [-0.1, -0.05) is 18.6 Å². The van der Waals surface area contributed by atoms with E-state index in [1.54, 1.807) is 7.11 Å². The summed E-state index contributed by atoms with van der Waals surface area (Å²) in [6.45, 7) is 1.19. The van der Waals surface area contributed by atoms with Crippen LogP contribution in [-0.2, 0) is 0 Å². The summed E-state index contributed by atoms with van der Waals surface area (Å²) in [5.41, 5.74) is 1.46. The lowest BCUT2D eigenvalue weighted by Crippen LogP contribution is -2.40. The van der Waals surface area contributed by atoms with Crippen molar-refractivity contribution in [1.82, 2.24) is 5.32 Å². The van der Waals surface area contributed by atoms with E-state index in [1.807, 2.05) is 11.8 Å². The standard InChI is InChI=1S/C17H27NOS/c1-19-17-8-6-14(7-9-17)15-12-16(13-15)18-10-4-3-5-11-20-2/h6-9,15-16,18H,3-5,10-13H2,1-2H3. The van der Waals surface area contributed by atoms with E-state index in [0.29, 0.717) is 0 Å². The average Bonchev–Trinajstić information content (AvgIpc) is 2.45. The summed E-state index contributed by atoms with van der Waals surface area (Å²) >= 11 is 1.95. The Balaban J connectivity index is 1.57. The molecular weight excluding hydrogens is 266 g/mol.